The van der Waals surface area contributed by atoms with Crippen LogP contribution >= 0.6 is 0 Å². The molecule has 4 aromatic rings. The van der Waals surface area contributed by atoms with E-state index in [1.807, 2.05) is 0 Å². The zero-order valence-electron chi connectivity index (χ0n) is 18.9. The van der Waals surface area contributed by atoms with Gasteiger partial charge in [-0.3, -0.25) is 14.2 Å². The fourth-order valence-electron chi connectivity index (χ4n) is 3.54. The standard InChI is InChI=1S/C25H23N3O6/c1-32-18-10-8-17(9-11-18)26-23(29)16-6-4-15(5-7-16)14-28-24(30)19-12-21(33-2)22(34-3)13-20(19)27-25(28)31/h4-13H,14H2,1-3H3,(H,26,29)(H,27,31). The van der Waals surface area contributed by atoms with Gasteiger partial charge in [-0.2, -0.15) is 0 Å². The van der Waals surface area contributed by atoms with Gasteiger partial charge >= 0.3 is 5.69 Å². The number of hydrogen-bond donors (Lipinski definition) is 2. The third-order valence-electron chi connectivity index (χ3n) is 5.39. The molecule has 174 valence electrons. The molecular weight excluding hydrogens is 438 g/mol. The van der Waals surface area contributed by atoms with Crippen molar-refractivity contribution in [2.75, 3.05) is 26.6 Å². The minimum absolute atomic E-state index is 0.0405. The van der Waals surface area contributed by atoms with E-state index in [0.717, 1.165) is 4.57 Å². The number of aromatic nitrogens is 2. The van der Waals surface area contributed by atoms with Crippen LogP contribution in [0.3, 0.4) is 0 Å². The monoisotopic (exact) mass is 461 g/mol. The topological polar surface area (TPSA) is 112 Å². The maximum absolute atomic E-state index is 13.0. The van der Waals surface area contributed by atoms with Crippen LogP contribution in [-0.2, 0) is 6.54 Å². The molecule has 3 aromatic carbocycles. The predicted octanol–water partition coefficient (Wildman–Crippen LogP) is 3.02. The molecule has 34 heavy (non-hydrogen) atoms. The van der Waals surface area contributed by atoms with Crippen molar-refractivity contribution in [3.8, 4) is 17.2 Å². The Kier molecular flexibility index (Phi) is 6.35. The van der Waals surface area contributed by atoms with E-state index in [-0.39, 0.29) is 12.5 Å². The number of H-pyrrole nitrogens is 1. The Balaban J connectivity index is 1.56. The number of methoxy groups -OCH3 is 3. The summed E-state index contributed by atoms with van der Waals surface area (Å²) >= 11 is 0. The van der Waals surface area contributed by atoms with Gasteiger partial charge in [0.05, 0.1) is 38.8 Å². The summed E-state index contributed by atoms with van der Waals surface area (Å²) in [6.45, 7) is 0.0405. The van der Waals surface area contributed by atoms with E-state index in [9.17, 15) is 14.4 Å². The fourth-order valence-corrected chi connectivity index (χ4v) is 3.54. The lowest BCUT2D eigenvalue weighted by Crippen LogP contribution is -2.35. The van der Waals surface area contributed by atoms with E-state index in [1.54, 1.807) is 61.7 Å². The van der Waals surface area contributed by atoms with Gasteiger partial charge in [0.15, 0.2) is 11.5 Å². The number of carbonyl (C=O) groups excluding carboxylic acids is 1. The van der Waals surface area contributed by atoms with Crippen LogP contribution in [0.5, 0.6) is 17.2 Å². The minimum atomic E-state index is -0.550. The van der Waals surface area contributed by atoms with Crippen LogP contribution in [0, 0.1) is 0 Å². The van der Waals surface area contributed by atoms with Crippen molar-refractivity contribution in [2.45, 2.75) is 6.54 Å². The van der Waals surface area contributed by atoms with Crippen LogP contribution in [0.15, 0.2) is 70.3 Å². The minimum Gasteiger partial charge on any atom is -0.497 e. The number of ether oxygens (including phenoxy) is 3. The van der Waals surface area contributed by atoms with E-state index >= 15 is 0 Å². The normalized spacial score (nSPS) is 10.7. The Hall–Kier alpha value is -4.53. The molecule has 0 unspecified atom stereocenters. The summed E-state index contributed by atoms with van der Waals surface area (Å²) in [5, 5.41) is 3.11. The lowest BCUT2D eigenvalue weighted by atomic mass is 10.1. The first-order valence-corrected chi connectivity index (χ1v) is 10.4. The molecule has 0 aliphatic heterocycles. The zero-order valence-corrected chi connectivity index (χ0v) is 18.9. The number of nitrogens with one attached hydrogen (secondary N) is 2. The average Bonchev–Trinajstić information content (AvgIpc) is 2.86. The molecule has 9 heteroatoms. The van der Waals surface area contributed by atoms with Crippen molar-refractivity contribution in [1.82, 2.24) is 9.55 Å². The molecule has 0 fully saturated rings. The highest BCUT2D eigenvalue weighted by Crippen LogP contribution is 2.29. The van der Waals surface area contributed by atoms with Crippen LogP contribution in [-0.4, -0.2) is 36.8 Å². The fraction of sp³-hybridized carbons (Fsp3) is 0.160. The lowest BCUT2D eigenvalue weighted by molar-refractivity contribution is 0.102. The average molecular weight is 461 g/mol. The van der Waals surface area contributed by atoms with Crippen molar-refractivity contribution >= 4 is 22.5 Å². The highest BCUT2D eigenvalue weighted by molar-refractivity contribution is 6.04. The molecule has 0 aliphatic rings. The van der Waals surface area contributed by atoms with Crippen LogP contribution in [0.4, 0.5) is 5.69 Å². The highest BCUT2D eigenvalue weighted by atomic mass is 16.5. The van der Waals surface area contributed by atoms with Gasteiger partial charge in [0.25, 0.3) is 11.5 Å². The summed E-state index contributed by atoms with van der Waals surface area (Å²) in [5.41, 5.74) is 1.11. The largest absolute Gasteiger partial charge is 0.497 e. The van der Waals surface area contributed by atoms with Gasteiger partial charge in [-0.05, 0) is 48.0 Å². The highest BCUT2D eigenvalue weighted by Gasteiger charge is 2.14. The molecule has 0 atom stereocenters. The quantitative estimate of drug-likeness (QED) is 0.438. The number of fused-ring (bicyclic) bond motifs is 1. The second-order valence-corrected chi connectivity index (χ2v) is 7.45. The summed E-state index contributed by atoms with van der Waals surface area (Å²) < 4.78 is 16.7. The number of rotatable bonds is 7. The van der Waals surface area contributed by atoms with Crippen molar-refractivity contribution in [2.24, 2.45) is 0 Å². The van der Waals surface area contributed by atoms with Gasteiger partial charge < -0.3 is 24.5 Å². The van der Waals surface area contributed by atoms with E-state index in [1.165, 1.54) is 20.3 Å². The smallest absolute Gasteiger partial charge is 0.329 e. The SMILES string of the molecule is COc1ccc(NC(=O)c2ccc(Cn3c(=O)[nH]c4cc(OC)c(OC)cc4c3=O)cc2)cc1. The second-order valence-electron chi connectivity index (χ2n) is 7.45. The number of carbonyl (C=O) groups is 1. The Morgan fingerprint density at radius 1 is 0.882 bits per heavy atom. The van der Waals surface area contributed by atoms with Gasteiger partial charge in [-0.15, -0.1) is 0 Å². The first-order valence-electron chi connectivity index (χ1n) is 10.4. The first-order chi connectivity index (χ1) is 16.4. The Bertz CT molecular complexity index is 1450. The number of nitrogens with zero attached hydrogens (tertiary/aromatic N) is 1. The molecule has 0 saturated carbocycles. The van der Waals surface area contributed by atoms with Crippen molar-refractivity contribution in [3.05, 3.63) is 92.6 Å². The molecule has 0 bridgehead atoms. The maximum Gasteiger partial charge on any atom is 0.329 e. The van der Waals surface area contributed by atoms with Crippen molar-refractivity contribution < 1.29 is 19.0 Å². The van der Waals surface area contributed by atoms with E-state index in [4.69, 9.17) is 14.2 Å². The molecular formula is C25H23N3O6. The van der Waals surface area contributed by atoms with E-state index in [2.05, 4.69) is 10.3 Å². The Morgan fingerprint density at radius 3 is 2.15 bits per heavy atom. The number of benzene rings is 3. The molecule has 4 rings (SSSR count). The Labute approximate surface area is 194 Å². The van der Waals surface area contributed by atoms with Gasteiger partial charge in [-0.25, -0.2) is 4.79 Å². The third-order valence-corrected chi connectivity index (χ3v) is 5.39. The second kappa shape index (κ2) is 9.53. The van der Waals surface area contributed by atoms with Crippen molar-refractivity contribution in [3.63, 3.8) is 0 Å². The van der Waals surface area contributed by atoms with E-state index < -0.39 is 11.2 Å². The molecule has 1 amide bonds. The molecule has 0 spiro atoms. The number of aromatic amines is 1. The molecule has 0 radical (unpaired) electrons. The number of hydrogen-bond acceptors (Lipinski definition) is 6. The number of anilines is 1. The van der Waals surface area contributed by atoms with E-state index in [0.29, 0.717) is 45.0 Å². The van der Waals surface area contributed by atoms with Gasteiger partial charge in [0, 0.05) is 17.3 Å². The van der Waals surface area contributed by atoms with Crippen LogP contribution in [0.25, 0.3) is 10.9 Å². The first kappa shape index (κ1) is 22.7. The van der Waals surface area contributed by atoms with Gasteiger partial charge in [0.1, 0.15) is 5.75 Å². The third kappa shape index (κ3) is 4.49. The molecule has 1 aromatic heterocycles. The predicted molar refractivity (Wildman–Crippen MR) is 128 cm³/mol. The summed E-state index contributed by atoms with van der Waals surface area (Å²) in [5.74, 6) is 1.21. The summed E-state index contributed by atoms with van der Waals surface area (Å²) in [6.07, 6.45) is 0. The summed E-state index contributed by atoms with van der Waals surface area (Å²) in [6, 6.07) is 16.8. The molecule has 0 saturated heterocycles. The van der Waals surface area contributed by atoms with Gasteiger partial charge in [0.2, 0.25) is 0 Å². The summed E-state index contributed by atoms with van der Waals surface area (Å²) in [4.78, 5) is 40.9. The zero-order chi connectivity index (χ0) is 24.2. The van der Waals surface area contributed by atoms with Gasteiger partial charge in [-0.1, -0.05) is 12.1 Å². The Morgan fingerprint density at radius 2 is 1.53 bits per heavy atom. The molecule has 2 N–H and O–H groups in total. The van der Waals surface area contributed by atoms with Crippen LogP contribution < -0.4 is 30.8 Å². The maximum atomic E-state index is 13.0. The van der Waals surface area contributed by atoms with Crippen molar-refractivity contribution in [1.29, 1.82) is 0 Å². The molecule has 0 aliphatic carbocycles. The lowest BCUT2D eigenvalue weighted by Gasteiger charge is -2.11. The number of amides is 1. The summed E-state index contributed by atoms with van der Waals surface area (Å²) in [7, 11) is 4.52. The molecule has 1 heterocycles. The molecule has 9 nitrogen and oxygen atoms in total. The van der Waals surface area contributed by atoms with Crippen LogP contribution in [0.1, 0.15) is 15.9 Å². The van der Waals surface area contributed by atoms with Crippen LogP contribution in [0.2, 0.25) is 0 Å².